The van der Waals surface area contributed by atoms with Crippen molar-refractivity contribution < 1.29 is 27.1 Å². The lowest BCUT2D eigenvalue weighted by atomic mass is 10.0. The van der Waals surface area contributed by atoms with Crippen molar-refractivity contribution in [1.29, 1.82) is 0 Å². The molecule has 34 heavy (non-hydrogen) atoms. The third-order valence-electron chi connectivity index (χ3n) is 7.92. The van der Waals surface area contributed by atoms with Crippen molar-refractivity contribution in [1.82, 2.24) is 4.90 Å². The number of sulfonamides is 1. The zero-order valence-electron chi connectivity index (χ0n) is 19.1. The van der Waals surface area contributed by atoms with E-state index in [1.54, 1.807) is 6.07 Å². The van der Waals surface area contributed by atoms with Crippen LogP contribution in [0.5, 0.6) is 5.75 Å². The molecular weight excluding hydrogens is 459 g/mol. The van der Waals surface area contributed by atoms with Gasteiger partial charge in [0.1, 0.15) is 17.1 Å². The van der Waals surface area contributed by atoms with E-state index in [1.807, 2.05) is 6.07 Å². The number of anilines is 1. The lowest BCUT2D eigenvalue weighted by molar-refractivity contribution is 0.0596. The van der Waals surface area contributed by atoms with Crippen molar-refractivity contribution in [3.8, 4) is 5.75 Å². The van der Waals surface area contributed by atoms with Crippen LogP contribution in [-0.4, -0.2) is 52.6 Å². The Morgan fingerprint density at radius 3 is 2.68 bits per heavy atom. The summed E-state index contributed by atoms with van der Waals surface area (Å²) in [4.78, 5) is 15.1. The van der Waals surface area contributed by atoms with Crippen LogP contribution < -0.4 is 9.46 Å². The maximum atomic E-state index is 14.2. The zero-order chi connectivity index (χ0) is 23.8. The Bertz CT molecular complexity index is 1280. The van der Waals surface area contributed by atoms with Gasteiger partial charge < -0.3 is 14.4 Å². The number of ether oxygens (including phenoxy) is 2. The van der Waals surface area contributed by atoms with Crippen molar-refractivity contribution in [3.63, 3.8) is 0 Å². The highest BCUT2D eigenvalue weighted by molar-refractivity contribution is 7.92. The molecule has 4 atom stereocenters. The van der Waals surface area contributed by atoms with E-state index >= 15 is 0 Å². The van der Waals surface area contributed by atoms with Gasteiger partial charge in [0.15, 0.2) is 0 Å². The third kappa shape index (κ3) is 3.40. The number of carbonyl (C=O) groups is 1. The number of hydrogen-bond donors (Lipinski definition) is 1. The molecule has 2 aromatic carbocycles. The topological polar surface area (TPSA) is 84.9 Å². The van der Waals surface area contributed by atoms with Gasteiger partial charge in [-0.05, 0) is 72.0 Å². The Hall–Kier alpha value is -2.65. The minimum atomic E-state index is -4.10. The first-order chi connectivity index (χ1) is 16.3. The molecule has 4 aliphatic rings. The van der Waals surface area contributed by atoms with E-state index in [0.717, 1.165) is 31.6 Å². The second kappa shape index (κ2) is 7.68. The maximum absolute atomic E-state index is 14.2. The van der Waals surface area contributed by atoms with Crippen LogP contribution in [0.2, 0.25) is 0 Å². The number of piperidine rings is 1. The van der Waals surface area contributed by atoms with Crippen LogP contribution in [-0.2, 0) is 14.8 Å². The number of esters is 1. The smallest absolute Gasteiger partial charge is 0.343 e. The van der Waals surface area contributed by atoms with E-state index in [9.17, 15) is 17.6 Å². The average molecular weight is 487 g/mol. The highest BCUT2D eigenvalue weighted by Gasteiger charge is 2.57. The van der Waals surface area contributed by atoms with Gasteiger partial charge in [0, 0.05) is 19.0 Å². The molecule has 2 unspecified atom stereocenters. The molecule has 0 aromatic heterocycles. The quantitative estimate of drug-likeness (QED) is 0.629. The molecule has 1 saturated heterocycles. The van der Waals surface area contributed by atoms with Crippen molar-refractivity contribution in [2.45, 2.75) is 30.1 Å². The van der Waals surface area contributed by atoms with Gasteiger partial charge in [0.25, 0.3) is 10.0 Å². The Morgan fingerprint density at radius 2 is 1.97 bits per heavy atom. The molecule has 2 heterocycles. The fourth-order valence-electron chi connectivity index (χ4n) is 6.00. The number of hydrogen-bond acceptors (Lipinski definition) is 6. The molecule has 0 amide bonds. The number of nitrogens with one attached hydrogen (secondary N) is 1. The highest BCUT2D eigenvalue weighted by Crippen LogP contribution is 2.59. The third-order valence-corrected chi connectivity index (χ3v) is 9.36. The Kier molecular flexibility index (Phi) is 4.94. The second-order valence-electron chi connectivity index (χ2n) is 9.80. The molecule has 0 spiro atoms. The van der Waals surface area contributed by atoms with Crippen LogP contribution >= 0.6 is 0 Å². The summed E-state index contributed by atoms with van der Waals surface area (Å²) in [6.45, 7) is 5.34. The van der Waals surface area contributed by atoms with Crippen LogP contribution in [0.25, 0.3) is 0 Å². The molecule has 6 rings (SSSR count). The number of nitrogens with zero attached hydrogens (tertiary/aromatic N) is 1. The minimum absolute atomic E-state index is 0.0174. The molecule has 9 heteroatoms. The normalized spacial score (nSPS) is 28.9. The Labute approximate surface area is 198 Å². The van der Waals surface area contributed by atoms with Gasteiger partial charge in [0.2, 0.25) is 0 Å². The summed E-state index contributed by atoms with van der Waals surface area (Å²) < 4.78 is 54.8. The number of carbonyl (C=O) groups excluding carboxylic acids is 1. The molecule has 180 valence electrons. The van der Waals surface area contributed by atoms with Crippen molar-refractivity contribution in [2.75, 3.05) is 38.1 Å². The van der Waals surface area contributed by atoms with Gasteiger partial charge in [0.05, 0.1) is 24.3 Å². The van der Waals surface area contributed by atoms with Crippen LogP contribution in [0.15, 0.2) is 35.2 Å². The maximum Gasteiger partial charge on any atom is 0.343 e. The van der Waals surface area contributed by atoms with E-state index in [0.29, 0.717) is 41.6 Å². The van der Waals surface area contributed by atoms with Crippen LogP contribution in [0.3, 0.4) is 0 Å². The van der Waals surface area contributed by atoms with Gasteiger partial charge in [-0.2, -0.15) is 0 Å². The molecule has 2 saturated carbocycles. The molecule has 3 fully saturated rings. The van der Waals surface area contributed by atoms with E-state index in [1.165, 1.54) is 25.3 Å². The van der Waals surface area contributed by atoms with Gasteiger partial charge in [-0.15, -0.1) is 0 Å². The van der Waals surface area contributed by atoms with Crippen LogP contribution in [0, 0.1) is 23.6 Å². The van der Waals surface area contributed by atoms with E-state index < -0.39 is 21.8 Å². The summed E-state index contributed by atoms with van der Waals surface area (Å²) in [6, 6.07) is 7.25. The second-order valence-corrected chi connectivity index (χ2v) is 11.5. The molecule has 7 nitrogen and oxygen atoms in total. The first-order valence-corrected chi connectivity index (χ1v) is 13.2. The number of likely N-dealkylation sites (tertiary alicyclic amines) is 1. The van der Waals surface area contributed by atoms with E-state index in [2.05, 4.69) is 16.5 Å². The first-order valence-electron chi connectivity index (χ1n) is 11.7. The predicted molar refractivity (Wildman–Crippen MR) is 123 cm³/mol. The number of halogens is 1. The van der Waals surface area contributed by atoms with Gasteiger partial charge in [-0.3, -0.25) is 4.72 Å². The van der Waals surface area contributed by atoms with E-state index in [-0.39, 0.29) is 22.1 Å². The van der Waals surface area contributed by atoms with E-state index in [4.69, 9.17) is 9.47 Å². The van der Waals surface area contributed by atoms with Gasteiger partial charge in [-0.1, -0.05) is 13.0 Å². The SMILES string of the molecule is CCN1CC2C(C1)C2c1cc(F)ccc1S(=O)(=O)Nc1ccc2c(c1C(=O)OC)OC[C@@H]1C[C@H]21. The summed E-state index contributed by atoms with van der Waals surface area (Å²) in [5.74, 6) is 0.745. The molecule has 0 radical (unpaired) electrons. The summed E-state index contributed by atoms with van der Waals surface area (Å²) in [5, 5.41) is 0. The largest absolute Gasteiger partial charge is 0.492 e. The highest BCUT2D eigenvalue weighted by atomic mass is 32.2. The lowest BCUT2D eigenvalue weighted by Gasteiger charge is -2.22. The fourth-order valence-corrected chi connectivity index (χ4v) is 7.32. The molecule has 1 N–H and O–H groups in total. The minimum Gasteiger partial charge on any atom is -0.492 e. The molecule has 2 aliphatic heterocycles. The van der Waals surface area contributed by atoms with Crippen molar-refractivity contribution >= 4 is 21.7 Å². The summed E-state index contributed by atoms with van der Waals surface area (Å²) in [7, 11) is -2.85. The Morgan fingerprint density at radius 1 is 1.21 bits per heavy atom. The summed E-state index contributed by atoms with van der Waals surface area (Å²) >= 11 is 0. The molecule has 0 bridgehead atoms. The summed E-state index contributed by atoms with van der Waals surface area (Å²) in [5.41, 5.74) is 1.61. The van der Waals surface area contributed by atoms with Gasteiger partial charge in [-0.25, -0.2) is 17.6 Å². The van der Waals surface area contributed by atoms with Crippen LogP contribution in [0.4, 0.5) is 10.1 Å². The number of fused-ring (bicyclic) bond motifs is 4. The number of methoxy groups -OCH3 is 1. The fraction of sp³-hybridized carbons (Fsp3) is 0.480. The van der Waals surface area contributed by atoms with Crippen molar-refractivity contribution in [3.05, 3.63) is 52.8 Å². The monoisotopic (exact) mass is 486 g/mol. The lowest BCUT2D eigenvalue weighted by Crippen LogP contribution is -2.24. The average Bonchev–Trinajstić information content (AvgIpc) is 3.71. The molecule has 2 aromatic rings. The predicted octanol–water partition coefficient (Wildman–Crippen LogP) is 3.57. The standard InChI is InChI=1S/C25H27FN2O5S/c1-3-28-10-18-19(11-28)22(18)17-9-14(26)4-7-21(17)34(30,31)27-20-6-5-15-16-8-13(16)12-33-24(15)23(20)25(29)32-2/h4-7,9,13,16,18-19,22,27H,3,8,10-12H2,1-2H3/t13-,16-,18?,19?,22?/m0/s1. The zero-order valence-corrected chi connectivity index (χ0v) is 19.9. The van der Waals surface area contributed by atoms with Crippen molar-refractivity contribution in [2.24, 2.45) is 17.8 Å². The summed E-state index contributed by atoms with van der Waals surface area (Å²) in [6.07, 6.45) is 0.997. The Balaban J connectivity index is 1.36. The van der Waals surface area contributed by atoms with Gasteiger partial charge >= 0.3 is 5.97 Å². The molecule has 2 aliphatic carbocycles. The number of rotatable bonds is 6. The molecular formula is C25H27FN2O5S. The van der Waals surface area contributed by atoms with Crippen LogP contribution in [0.1, 0.15) is 46.7 Å². The number of benzene rings is 2. The first kappa shape index (κ1) is 21.9.